The fourth-order valence-corrected chi connectivity index (χ4v) is 1.15. The molecule has 0 aliphatic heterocycles. The van der Waals surface area contributed by atoms with Crippen LogP contribution in [0, 0.1) is 0 Å². The van der Waals surface area contributed by atoms with E-state index in [4.69, 9.17) is 0 Å². The van der Waals surface area contributed by atoms with Gasteiger partial charge in [0.25, 0.3) is 0 Å². The molecule has 0 N–H and O–H groups in total. The van der Waals surface area contributed by atoms with E-state index in [0.29, 0.717) is 0 Å². The zero-order valence-corrected chi connectivity index (χ0v) is 39.8. The average molecular weight is 1110 g/mol. The zero-order valence-electron chi connectivity index (χ0n) is 20.2. The number of benzene rings is 3. The summed E-state index contributed by atoms with van der Waals surface area (Å²) in [5.41, 5.74) is 0. The summed E-state index contributed by atoms with van der Waals surface area (Å²) in [5, 5.41) is 0. The van der Waals surface area contributed by atoms with Gasteiger partial charge in [0.1, 0.15) is 0 Å². The molecule has 42 heavy (non-hydrogen) atoms. The van der Waals surface area contributed by atoms with Crippen LogP contribution in [0.1, 0.15) is 0 Å². The van der Waals surface area contributed by atoms with E-state index in [1.165, 1.54) is 0 Å². The van der Waals surface area contributed by atoms with Gasteiger partial charge in [0.05, 0.1) is 0 Å². The van der Waals surface area contributed by atoms with Crippen molar-refractivity contribution in [3.63, 3.8) is 0 Å². The van der Waals surface area contributed by atoms with Gasteiger partial charge < -0.3 is 0 Å². The Morgan fingerprint density at radius 3 is 0.119 bits per heavy atom. The standard InChI is InChI=1S/3C6H6.24ClH/c3*1-2-4-6-5-3-1;;;;;;;;;;;;;;;;;;;;;;;;/h3*1-6H;24*1H. The number of hydrogen-bond donors (Lipinski definition) is 0. The van der Waals surface area contributed by atoms with Gasteiger partial charge in [-0.1, -0.05) is 109 Å². The Bertz CT molecular complexity index is 332. The Balaban J connectivity index is -0.00000000409. The first kappa shape index (κ1) is 190. The van der Waals surface area contributed by atoms with Crippen molar-refractivity contribution in [2.24, 2.45) is 0 Å². The second-order valence-corrected chi connectivity index (χ2v) is 3.46. The first-order valence-electron chi connectivity index (χ1n) is 6.00. The topological polar surface area (TPSA) is 0 Å². The summed E-state index contributed by atoms with van der Waals surface area (Å²) in [5.74, 6) is 0. The molecule has 0 aliphatic carbocycles. The van der Waals surface area contributed by atoms with Crippen LogP contribution in [-0.4, -0.2) is 0 Å². The lowest BCUT2D eigenvalue weighted by atomic mass is 10.4. The van der Waals surface area contributed by atoms with Crippen LogP contribution in [0.15, 0.2) is 109 Å². The van der Waals surface area contributed by atoms with Crippen molar-refractivity contribution < 1.29 is 0 Å². The highest BCUT2D eigenvalue weighted by Crippen LogP contribution is 1.81. The molecule has 3 aromatic rings. The molecule has 0 spiro atoms. The van der Waals surface area contributed by atoms with Gasteiger partial charge in [-0.25, -0.2) is 0 Å². The molecule has 0 amide bonds. The first-order valence-corrected chi connectivity index (χ1v) is 6.00. The van der Waals surface area contributed by atoms with E-state index in [9.17, 15) is 0 Å². The molecule has 0 heterocycles. The normalized spacial score (nSPS) is 3.43. The monoisotopic (exact) mass is 1100 g/mol. The molecular weight excluding hydrogens is 1070 g/mol. The molecule has 0 aromatic heterocycles. The smallest absolute Gasteiger partial charge is 0.0623 e. The Morgan fingerprint density at radius 1 is 0.0714 bits per heavy atom. The minimum absolute atomic E-state index is 0. The number of hydrogen-bond acceptors (Lipinski definition) is 0. The molecule has 0 nitrogen and oxygen atoms in total. The second-order valence-electron chi connectivity index (χ2n) is 3.46. The molecule has 3 rings (SSSR count). The van der Waals surface area contributed by atoms with Crippen molar-refractivity contribution in [3.8, 4) is 0 Å². The Morgan fingerprint density at radius 2 is 0.0952 bits per heavy atom. The highest BCUT2D eigenvalue weighted by Gasteiger charge is 1.59. The van der Waals surface area contributed by atoms with E-state index in [1.807, 2.05) is 109 Å². The third-order valence-corrected chi connectivity index (χ3v) is 2.00. The van der Waals surface area contributed by atoms with E-state index >= 15 is 0 Å². The quantitative estimate of drug-likeness (QED) is 0.210. The van der Waals surface area contributed by atoms with Crippen molar-refractivity contribution in [2.45, 2.75) is 0 Å². The fourth-order valence-electron chi connectivity index (χ4n) is 1.15. The van der Waals surface area contributed by atoms with Crippen molar-refractivity contribution in [2.75, 3.05) is 0 Å². The van der Waals surface area contributed by atoms with Gasteiger partial charge in [-0.2, -0.15) is 0 Å². The van der Waals surface area contributed by atoms with Crippen LogP contribution in [0.25, 0.3) is 0 Å². The molecular formula is C18H42Cl24. The molecule has 0 atom stereocenters. The molecule has 0 bridgehead atoms. The average Bonchev–Trinajstić information content (AvgIpc) is 2.54. The maximum Gasteiger partial charge on any atom is -0.0623 e. The maximum atomic E-state index is 2.00. The van der Waals surface area contributed by atoms with Crippen molar-refractivity contribution in [3.05, 3.63) is 109 Å². The summed E-state index contributed by atoms with van der Waals surface area (Å²) in [7, 11) is 0. The van der Waals surface area contributed by atoms with Crippen LogP contribution in [0.5, 0.6) is 0 Å². The SMILES string of the molecule is Cl.Cl.Cl.Cl.Cl.Cl.Cl.Cl.Cl.Cl.Cl.Cl.Cl.Cl.Cl.Cl.Cl.Cl.Cl.Cl.Cl.Cl.Cl.Cl.c1ccccc1.c1ccccc1.c1ccccc1. The van der Waals surface area contributed by atoms with E-state index in [2.05, 4.69) is 0 Å². The van der Waals surface area contributed by atoms with Crippen LogP contribution >= 0.6 is 298 Å². The molecule has 3 aromatic carbocycles. The van der Waals surface area contributed by atoms with Gasteiger partial charge in [0, 0.05) is 0 Å². The Hall–Kier alpha value is 4.62. The van der Waals surface area contributed by atoms with Gasteiger partial charge in [0.15, 0.2) is 0 Å². The van der Waals surface area contributed by atoms with E-state index < -0.39 is 0 Å². The van der Waals surface area contributed by atoms with Gasteiger partial charge in [-0.05, 0) is 0 Å². The zero-order chi connectivity index (χ0) is 12.7. The molecule has 0 saturated heterocycles. The van der Waals surface area contributed by atoms with E-state index in [-0.39, 0.29) is 298 Å². The van der Waals surface area contributed by atoms with Gasteiger partial charge in [-0.3, -0.25) is 0 Å². The van der Waals surface area contributed by atoms with Crippen molar-refractivity contribution in [1.29, 1.82) is 0 Å². The van der Waals surface area contributed by atoms with Crippen molar-refractivity contribution in [1.82, 2.24) is 0 Å². The highest BCUT2D eigenvalue weighted by molar-refractivity contribution is 5.88. The van der Waals surface area contributed by atoms with Crippen LogP contribution in [0.3, 0.4) is 0 Å². The highest BCUT2D eigenvalue weighted by atomic mass is 35.5. The summed E-state index contributed by atoms with van der Waals surface area (Å²) in [6, 6.07) is 36.0. The summed E-state index contributed by atoms with van der Waals surface area (Å²) in [6.07, 6.45) is 0. The molecule has 282 valence electrons. The Kier molecular flexibility index (Phi) is 801. The molecule has 0 saturated carbocycles. The Labute approximate surface area is 401 Å². The summed E-state index contributed by atoms with van der Waals surface area (Å²) in [4.78, 5) is 0. The largest absolute Gasteiger partial charge is 0.147 e. The lowest BCUT2D eigenvalue weighted by Gasteiger charge is -1.69. The molecule has 24 heteroatoms. The predicted molar refractivity (Wildman–Crippen MR) is 253 cm³/mol. The molecule has 0 radical (unpaired) electrons. The number of halogens is 24. The minimum Gasteiger partial charge on any atom is -0.147 e. The first-order chi connectivity index (χ1) is 9.00. The summed E-state index contributed by atoms with van der Waals surface area (Å²) >= 11 is 0. The molecule has 0 aliphatic rings. The third-order valence-electron chi connectivity index (χ3n) is 2.00. The van der Waals surface area contributed by atoms with E-state index in [1.54, 1.807) is 0 Å². The predicted octanol–water partition coefficient (Wildman–Crippen LogP) is 15.2. The van der Waals surface area contributed by atoms with Crippen molar-refractivity contribution >= 4 is 298 Å². The lowest BCUT2D eigenvalue weighted by Crippen LogP contribution is -1.47. The van der Waals surface area contributed by atoms with Crippen LogP contribution in [0.4, 0.5) is 0 Å². The van der Waals surface area contributed by atoms with E-state index in [0.717, 1.165) is 0 Å². The minimum atomic E-state index is 0. The summed E-state index contributed by atoms with van der Waals surface area (Å²) in [6.45, 7) is 0. The lowest BCUT2D eigenvalue weighted by molar-refractivity contribution is 1.72. The van der Waals surface area contributed by atoms with Gasteiger partial charge >= 0.3 is 0 Å². The van der Waals surface area contributed by atoms with Crippen LogP contribution in [0.2, 0.25) is 0 Å². The van der Waals surface area contributed by atoms with Crippen LogP contribution in [-0.2, 0) is 0 Å². The molecule has 0 unspecified atom stereocenters. The maximum absolute atomic E-state index is 2.00. The fraction of sp³-hybridized carbons (Fsp3) is 0. The molecule has 0 fully saturated rings. The number of rotatable bonds is 0. The van der Waals surface area contributed by atoms with Gasteiger partial charge in [0.2, 0.25) is 0 Å². The second kappa shape index (κ2) is 178. The third kappa shape index (κ3) is 166. The van der Waals surface area contributed by atoms with Gasteiger partial charge in [-0.15, -0.1) is 298 Å². The summed E-state index contributed by atoms with van der Waals surface area (Å²) < 4.78 is 0. The van der Waals surface area contributed by atoms with Crippen LogP contribution < -0.4 is 0 Å².